The van der Waals surface area contributed by atoms with Crippen molar-refractivity contribution < 1.29 is 0 Å². The number of thiocarbonyl (C=S) groups is 1. The number of hydrogen-bond acceptors (Lipinski definition) is 2. The number of likely N-dealkylation sites (tertiary alicyclic amines) is 1. The fourth-order valence-electron chi connectivity index (χ4n) is 3.42. The van der Waals surface area contributed by atoms with Crippen molar-refractivity contribution in [2.24, 2.45) is 0 Å². The minimum Gasteiger partial charge on any atom is -0.360 e. The van der Waals surface area contributed by atoms with Crippen molar-refractivity contribution in [2.45, 2.75) is 39.3 Å². The Balaban J connectivity index is 1.46. The maximum absolute atomic E-state index is 5.53. The van der Waals surface area contributed by atoms with E-state index in [9.17, 15) is 0 Å². The van der Waals surface area contributed by atoms with Crippen molar-refractivity contribution in [2.75, 3.05) is 18.4 Å². The summed E-state index contributed by atoms with van der Waals surface area (Å²) in [4.78, 5) is 2.52. The molecule has 0 amide bonds. The zero-order chi connectivity index (χ0) is 17.6. The highest BCUT2D eigenvalue weighted by Crippen LogP contribution is 2.20. The SMILES string of the molecule is Cc1cccc(C)c1NC(=S)NC1CCN(Cc2ccccc2)CC1. The Morgan fingerprint density at radius 2 is 1.64 bits per heavy atom. The fraction of sp³-hybridized carbons (Fsp3) is 0.381. The van der Waals surface area contributed by atoms with Gasteiger partial charge in [0.15, 0.2) is 5.11 Å². The van der Waals surface area contributed by atoms with Crippen LogP contribution in [0.25, 0.3) is 0 Å². The number of piperidine rings is 1. The van der Waals surface area contributed by atoms with Crippen LogP contribution in [0.1, 0.15) is 29.5 Å². The van der Waals surface area contributed by atoms with Gasteiger partial charge in [0.2, 0.25) is 0 Å². The van der Waals surface area contributed by atoms with Crippen LogP contribution in [0.15, 0.2) is 48.5 Å². The van der Waals surface area contributed by atoms with Gasteiger partial charge in [0, 0.05) is 31.4 Å². The summed E-state index contributed by atoms with van der Waals surface area (Å²) in [5.74, 6) is 0. The molecule has 3 nitrogen and oxygen atoms in total. The van der Waals surface area contributed by atoms with Gasteiger partial charge in [-0.3, -0.25) is 4.90 Å². The normalized spacial score (nSPS) is 15.8. The number of nitrogens with one attached hydrogen (secondary N) is 2. The number of nitrogens with zero attached hydrogens (tertiary/aromatic N) is 1. The predicted molar refractivity (Wildman–Crippen MR) is 110 cm³/mol. The Bertz CT molecular complexity index is 686. The molecule has 1 fully saturated rings. The molecular weight excluding hydrogens is 326 g/mol. The zero-order valence-corrected chi connectivity index (χ0v) is 15.9. The van der Waals surface area contributed by atoms with E-state index in [2.05, 4.69) is 77.9 Å². The summed E-state index contributed by atoms with van der Waals surface area (Å²) >= 11 is 5.53. The molecule has 1 aliphatic heterocycles. The average molecular weight is 354 g/mol. The molecule has 4 heteroatoms. The Hall–Kier alpha value is -1.91. The van der Waals surface area contributed by atoms with Crippen molar-refractivity contribution in [3.63, 3.8) is 0 Å². The molecule has 132 valence electrons. The van der Waals surface area contributed by atoms with Gasteiger partial charge in [-0.05, 0) is 55.6 Å². The molecular formula is C21H27N3S. The Kier molecular flexibility index (Phi) is 6.05. The number of aryl methyl sites for hydroxylation is 2. The van der Waals surface area contributed by atoms with Crippen LogP contribution in [0.3, 0.4) is 0 Å². The third-order valence-electron chi connectivity index (χ3n) is 4.89. The summed E-state index contributed by atoms with van der Waals surface area (Å²) in [6.45, 7) is 7.48. The molecule has 0 spiro atoms. The molecule has 0 radical (unpaired) electrons. The van der Waals surface area contributed by atoms with Crippen molar-refractivity contribution in [1.29, 1.82) is 0 Å². The molecule has 0 bridgehead atoms. The first kappa shape index (κ1) is 17.9. The Labute approximate surface area is 156 Å². The molecule has 3 rings (SSSR count). The molecule has 2 N–H and O–H groups in total. The molecule has 2 aromatic carbocycles. The molecule has 0 aromatic heterocycles. The van der Waals surface area contributed by atoms with Crippen LogP contribution in [-0.2, 0) is 6.54 Å². The highest BCUT2D eigenvalue weighted by molar-refractivity contribution is 7.80. The van der Waals surface area contributed by atoms with Crippen LogP contribution in [0.2, 0.25) is 0 Å². The first-order valence-corrected chi connectivity index (χ1v) is 9.42. The number of rotatable bonds is 4. The standard InChI is InChI=1S/C21H27N3S/c1-16-7-6-8-17(2)20(16)23-21(25)22-19-11-13-24(14-12-19)15-18-9-4-3-5-10-18/h3-10,19H,11-15H2,1-2H3,(H2,22,23,25). The van der Waals surface area contributed by atoms with Crippen molar-refractivity contribution >= 4 is 23.0 Å². The zero-order valence-electron chi connectivity index (χ0n) is 15.1. The second-order valence-electron chi connectivity index (χ2n) is 6.90. The molecule has 0 aliphatic carbocycles. The summed E-state index contributed by atoms with van der Waals surface area (Å²) in [6, 6.07) is 17.5. The molecule has 1 saturated heterocycles. The van der Waals surface area contributed by atoms with Crippen molar-refractivity contribution in [3.8, 4) is 0 Å². The topological polar surface area (TPSA) is 27.3 Å². The van der Waals surface area contributed by atoms with Gasteiger partial charge >= 0.3 is 0 Å². The van der Waals surface area contributed by atoms with E-state index < -0.39 is 0 Å². The van der Waals surface area contributed by atoms with Crippen LogP contribution in [0, 0.1) is 13.8 Å². The maximum Gasteiger partial charge on any atom is 0.171 e. The molecule has 1 heterocycles. The van der Waals surface area contributed by atoms with Crippen LogP contribution >= 0.6 is 12.2 Å². The number of anilines is 1. The lowest BCUT2D eigenvalue weighted by Crippen LogP contribution is -2.45. The second kappa shape index (κ2) is 8.45. The third-order valence-corrected chi connectivity index (χ3v) is 5.11. The van der Waals surface area contributed by atoms with E-state index in [1.165, 1.54) is 16.7 Å². The van der Waals surface area contributed by atoms with Gasteiger partial charge < -0.3 is 10.6 Å². The fourth-order valence-corrected chi connectivity index (χ4v) is 3.69. The van der Waals surface area contributed by atoms with Crippen LogP contribution in [-0.4, -0.2) is 29.1 Å². The number of benzene rings is 2. The lowest BCUT2D eigenvalue weighted by atomic mass is 10.0. The predicted octanol–water partition coefficient (Wildman–Crippen LogP) is 4.25. The summed E-state index contributed by atoms with van der Waals surface area (Å²) in [5.41, 5.74) is 4.96. The van der Waals surface area contributed by atoms with Crippen LogP contribution < -0.4 is 10.6 Å². The van der Waals surface area contributed by atoms with Crippen LogP contribution in [0.4, 0.5) is 5.69 Å². The lowest BCUT2D eigenvalue weighted by molar-refractivity contribution is 0.199. The number of para-hydroxylation sites is 1. The maximum atomic E-state index is 5.53. The van der Waals surface area contributed by atoms with Gasteiger partial charge in [-0.15, -0.1) is 0 Å². The van der Waals surface area contributed by atoms with E-state index >= 15 is 0 Å². The summed E-state index contributed by atoms with van der Waals surface area (Å²) in [7, 11) is 0. The van der Waals surface area contributed by atoms with Gasteiger partial charge in [0.1, 0.15) is 0 Å². The minimum absolute atomic E-state index is 0.455. The average Bonchev–Trinajstić information content (AvgIpc) is 2.61. The molecule has 0 saturated carbocycles. The smallest absolute Gasteiger partial charge is 0.171 e. The van der Waals surface area contributed by atoms with Crippen LogP contribution in [0.5, 0.6) is 0 Å². The van der Waals surface area contributed by atoms with E-state index in [0.29, 0.717) is 6.04 Å². The van der Waals surface area contributed by atoms with Crippen molar-refractivity contribution in [3.05, 3.63) is 65.2 Å². The molecule has 0 unspecified atom stereocenters. The highest BCUT2D eigenvalue weighted by Gasteiger charge is 2.20. The highest BCUT2D eigenvalue weighted by atomic mass is 32.1. The van der Waals surface area contributed by atoms with Gasteiger partial charge in [-0.1, -0.05) is 48.5 Å². The monoisotopic (exact) mass is 353 g/mol. The largest absolute Gasteiger partial charge is 0.360 e. The summed E-state index contributed by atoms with van der Waals surface area (Å²) in [5, 5.41) is 7.62. The van der Waals surface area contributed by atoms with Gasteiger partial charge in [-0.25, -0.2) is 0 Å². The second-order valence-corrected chi connectivity index (χ2v) is 7.31. The third kappa shape index (κ3) is 5.03. The van der Waals surface area contributed by atoms with E-state index in [1.807, 2.05) is 0 Å². The summed E-state index contributed by atoms with van der Waals surface area (Å²) in [6.07, 6.45) is 2.25. The lowest BCUT2D eigenvalue weighted by Gasteiger charge is -2.33. The molecule has 1 aliphatic rings. The quantitative estimate of drug-likeness (QED) is 0.804. The first-order chi connectivity index (χ1) is 12.1. The van der Waals surface area contributed by atoms with Gasteiger partial charge in [0.05, 0.1) is 0 Å². The Morgan fingerprint density at radius 1 is 1.00 bits per heavy atom. The summed E-state index contributed by atoms with van der Waals surface area (Å²) < 4.78 is 0. The van der Waals surface area contributed by atoms with E-state index in [4.69, 9.17) is 12.2 Å². The molecule has 2 aromatic rings. The van der Waals surface area contributed by atoms with E-state index in [1.54, 1.807) is 0 Å². The molecule has 0 atom stereocenters. The van der Waals surface area contributed by atoms with Gasteiger partial charge in [0.25, 0.3) is 0 Å². The van der Waals surface area contributed by atoms with E-state index in [0.717, 1.165) is 43.3 Å². The molecule has 25 heavy (non-hydrogen) atoms. The minimum atomic E-state index is 0.455. The van der Waals surface area contributed by atoms with Crippen molar-refractivity contribution in [1.82, 2.24) is 10.2 Å². The first-order valence-electron chi connectivity index (χ1n) is 9.02. The number of hydrogen-bond donors (Lipinski definition) is 2. The van der Waals surface area contributed by atoms with E-state index in [-0.39, 0.29) is 0 Å². The van der Waals surface area contributed by atoms with Gasteiger partial charge in [-0.2, -0.15) is 0 Å². The Morgan fingerprint density at radius 3 is 2.28 bits per heavy atom.